The van der Waals surface area contributed by atoms with Crippen LogP contribution in [0.25, 0.3) is 0 Å². The summed E-state index contributed by atoms with van der Waals surface area (Å²) in [7, 11) is 4.02. The normalized spacial score (nSPS) is 10.2. The van der Waals surface area contributed by atoms with Crippen molar-refractivity contribution in [3.8, 4) is 0 Å². The first-order valence-corrected chi connectivity index (χ1v) is 4.98. The van der Waals surface area contributed by atoms with E-state index in [0.717, 1.165) is 12.1 Å². The van der Waals surface area contributed by atoms with Crippen LogP contribution in [0.3, 0.4) is 0 Å². The fourth-order valence-corrected chi connectivity index (χ4v) is 1.20. The van der Waals surface area contributed by atoms with E-state index in [2.05, 4.69) is 4.90 Å². The zero-order valence-corrected chi connectivity index (χ0v) is 9.38. The first-order chi connectivity index (χ1) is 6.70. The van der Waals surface area contributed by atoms with Gasteiger partial charge in [-0.05, 0) is 26.3 Å². The zero-order chi connectivity index (χ0) is 10.4. The Hall–Kier alpha value is -0.930. The fraction of sp³-hybridized carbons (Fsp3) is 0.364. The second kappa shape index (κ2) is 5.73. The first kappa shape index (κ1) is 11.1. The van der Waals surface area contributed by atoms with Crippen LogP contribution in [0, 0.1) is 0 Å². The minimum Gasteiger partial charge on any atom is -0.482 e. The molecule has 0 radical (unpaired) electrons. The number of ether oxygens (including phenoxy) is 1. The van der Waals surface area contributed by atoms with Gasteiger partial charge >= 0.3 is 0 Å². The third kappa shape index (κ3) is 3.85. The summed E-state index contributed by atoms with van der Waals surface area (Å²) in [5.41, 5.74) is 0.973. The standard InChI is InChI=1S/C11H15NOS/c1-12(2)8-9-13-11(14)10-6-4-3-5-7-10/h3-7H,8-9H2,1-2H3. The zero-order valence-electron chi connectivity index (χ0n) is 8.56. The predicted octanol–water partition coefficient (Wildman–Crippen LogP) is 1.94. The van der Waals surface area contributed by atoms with E-state index in [0.29, 0.717) is 11.7 Å². The summed E-state index contributed by atoms with van der Waals surface area (Å²) in [6, 6.07) is 9.79. The monoisotopic (exact) mass is 209 g/mol. The molecule has 2 nitrogen and oxygen atoms in total. The maximum Gasteiger partial charge on any atom is 0.191 e. The molecule has 0 aromatic heterocycles. The Morgan fingerprint density at radius 3 is 2.50 bits per heavy atom. The molecule has 0 aliphatic heterocycles. The maximum atomic E-state index is 5.43. The predicted molar refractivity (Wildman–Crippen MR) is 62.6 cm³/mol. The van der Waals surface area contributed by atoms with Crippen LogP contribution in [0.1, 0.15) is 5.56 Å². The van der Waals surface area contributed by atoms with Crippen LogP contribution in [-0.2, 0) is 4.74 Å². The molecule has 0 saturated heterocycles. The third-order valence-electron chi connectivity index (χ3n) is 1.78. The topological polar surface area (TPSA) is 12.5 Å². The van der Waals surface area contributed by atoms with Gasteiger partial charge in [0.2, 0.25) is 0 Å². The second-order valence-electron chi connectivity index (χ2n) is 3.31. The SMILES string of the molecule is CN(C)CCOC(=S)c1ccccc1. The Balaban J connectivity index is 2.36. The molecule has 3 heteroatoms. The molecule has 0 atom stereocenters. The molecule has 0 bridgehead atoms. The molecule has 0 aliphatic rings. The van der Waals surface area contributed by atoms with E-state index < -0.39 is 0 Å². The molecule has 76 valence electrons. The summed E-state index contributed by atoms with van der Waals surface area (Å²) in [5.74, 6) is 0. The minimum atomic E-state index is 0.576. The lowest BCUT2D eigenvalue weighted by molar-refractivity contribution is 0.257. The maximum absolute atomic E-state index is 5.43. The molecule has 0 heterocycles. The van der Waals surface area contributed by atoms with Crippen LogP contribution in [0.4, 0.5) is 0 Å². The van der Waals surface area contributed by atoms with Crippen molar-refractivity contribution < 1.29 is 4.74 Å². The van der Waals surface area contributed by atoms with Crippen molar-refractivity contribution in [3.63, 3.8) is 0 Å². The van der Waals surface area contributed by atoms with Crippen molar-refractivity contribution in [1.29, 1.82) is 0 Å². The molecule has 0 aliphatic carbocycles. The molecular formula is C11H15NOS. The summed E-state index contributed by atoms with van der Waals surface area (Å²) >= 11 is 5.13. The van der Waals surface area contributed by atoms with Gasteiger partial charge in [0.05, 0.1) is 0 Å². The second-order valence-corrected chi connectivity index (χ2v) is 3.68. The van der Waals surface area contributed by atoms with E-state index in [1.165, 1.54) is 0 Å². The van der Waals surface area contributed by atoms with Crippen LogP contribution in [0.2, 0.25) is 0 Å². The van der Waals surface area contributed by atoms with E-state index in [4.69, 9.17) is 17.0 Å². The lowest BCUT2D eigenvalue weighted by atomic mass is 10.2. The van der Waals surface area contributed by atoms with Gasteiger partial charge in [-0.2, -0.15) is 0 Å². The van der Waals surface area contributed by atoms with Crippen LogP contribution in [0.5, 0.6) is 0 Å². The molecule has 0 spiro atoms. The lowest BCUT2D eigenvalue weighted by Gasteiger charge is -2.11. The van der Waals surface area contributed by atoms with Gasteiger partial charge in [0.15, 0.2) is 5.05 Å². The number of likely N-dealkylation sites (N-methyl/N-ethyl adjacent to an activating group) is 1. The van der Waals surface area contributed by atoms with Gasteiger partial charge < -0.3 is 9.64 Å². The molecule has 0 saturated carbocycles. The van der Waals surface area contributed by atoms with Gasteiger partial charge in [-0.15, -0.1) is 0 Å². The summed E-state index contributed by atoms with van der Waals surface area (Å²) in [5, 5.41) is 0.576. The average Bonchev–Trinajstić information content (AvgIpc) is 2.18. The van der Waals surface area contributed by atoms with E-state index in [1.807, 2.05) is 44.4 Å². The highest BCUT2D eigenvalue weighted by molar-refractivity contribution is 7.80. The highest BCUT2D eigenvalue weighted by Crippen LogP contribution is 2.02. The van der Waals surface area contributed by atoms with Crippen LogP contribution < -0.4 is 0 Å². The minimum absolute atomic E-state index is 0.576. The lowest BCUT2D eigenvalue weighted by Crippen LogP contribution is -2.19. The number of nitrogens with zero attached hydrogens (tertiary/aromatic N) is 1. The third-order valence-corrected chi connectivity index (χ3v) is 2.13. The number of hydrogen-bond donors (Lipinski definition) is 0. The Morgan fingerprint density at radius 1 is 1.29 bits per heavy atom. The van der Waals surface area contributed by atoms with Crippen LogP contribution in [0.15, 0.2) is 30.3 Å². The van der Waals surface area contributed by atoms with Crippen molar-refractivity contribution in [2.75, 3.05) is 27.2 Å². The van der Waals surface area contributed by atoms with Gasteiger partial charge in [-0.1, -0.05) is 30.3 Å². The number of hydrogen-bond acceptors (Lipinski definition) is 3. The highest BCUT2D eigenvalue weighted by Gasteiger charge is 2.00. The molecule has 1 aromatic carbocycles. The molecule has 14 heavy (non-hydrogen) atoms. The Labute approximate surface area is 90.5 Å². The largest absolute Gasteiger partial charge is 0.482 e. The molecule has 1 aromatic rings. The summed E-state index contributed by atoms with van der Waals surface area (Å²) in [6.45, 7) is 1.52. The number of thiocarbonyl (C=S) groups is 1. The van der Waals surface area contributed by atoms with Crippen molar-refractivity contribution in [3.05, 3.63) is 35.9 Å². The van der Waals surface area contributed by atoms with E-state index in [9.17, 15) is 0 Å². The Bertz CT molecular complexity index is 285. The first-order valence-electron chi connectivity index (χ1n) is 4.57. The smallest absolute Gasteiger partial charge is 0.191 e. The van der Waals surface area contributed by atoms with Crippen LogP contribution >= 0.6 is 12.2 Å². The Morgan fingerprint density at radius 2 is 1.93 bits per heavy atom. The Kier molecular flexibility index (Phi) is 4.56. The van der Waals surface area contributed by atoms with Crippen molar-refractivity contribution in [1.82, 2.24) is 4.90 Å². The van der Waals surface area contributed by atoms with E-state index in [-0.39, 0.29) is 0 Å². The van der Waals surface area contributed by atoms with Crippen molar-refractivity contribution in [2.45, 2.75) is 0 Å². The summed E-state index contributed by atoms with van der Waals surface area (Å²) in [4.78, 5) is 2.06. The van der Waals surface area contributed by atoms with E-state index >= 15 is 0 Å². The molecule has 0 amide bonds. The highest BCUT2D eigenvalue weighted by atomic mass is 32.1. The number of rotatable bonds is 4. The average molecular weight is 209 g/mol. The molecule has 0 N–H and O–H groups in total. The molecule has 0 fully saturated rings. The van der Waals surface area contributed by atoms with Gasteiger partial charge in [0.25, 0.3) is 0 Å². The quantitative estimate of drug-likeness (QED) is 0.703. The van der Waals surface area contributed by atoms with Gasteiger partial charge in [-0.3, -0.25) is 0 Å². The summed E-state index contributed by atoms with van der Waals surface area (Å²) < 4.78 is 5.43. The van der Waals surface area contributed by atoms with Crippen molar-refractivity contribution >= 4 is 17.3 Å². The molecule has 0 unspecified atom stereocenters. The number of benzene rings is 1. The van der Waals surface area contributed by atoms with Gasteiger partial charge in [-0.25, -0.2) is 0 Å². The van der Waals surface area contributed by atoms with Crippen LogP contribution in [-0.4, -0.2) is 37.2 Å². The molecular weight excluding hydrogens is 194 g/mol. The van der Waals surface area contributed by atoms with Crippen molar-refractivity contribution in [2.24, 2.45) is 0 Å². The fourth-order valence-electron chi connectivity index (χ4n) is 0.978. The molecule has 1 rings (SSSR count). The van der Waals surface area contributed by atoms with Gasteiger partial charge in [0.1, 0.15) is 6.61 Å². The van der Waals surface area contributed by atoms with Gasteiger partial charge in [0, 0.05) is 12.1 Å². The summed E-state index contributed by atoms with van der Waals surface area (Å²) in [6.07, 6.45) is 0. The van der Waals surface area contributed by atoms with E-state index in [1.54, 1.807) is 0 Å².